The molecule has 0 saturated carbocycles. The number of rotatable bonds is 6. The van der Waals surface area contributed by atoms with Gasteiger partial charge < -0.3 is 19.1 Å². The van der Waals surface area contributed by atoms with Gasteiger partial charge in [-0.2, -0.15) is 4.39 Å². The summed E-state index contributed by atoms with van der Waals surface area (Å²) in [5.74, 6) is -0.306. The quantitative estimate of drug-likeness (QED) is 0.430. The largest absolute Gasteiger partial charge is 0.490 e. The normalized spacial score (nSPS) is 17.6. The van der Waals surface area contributed by atoms with Gasteiger partial charge in [-0.1, -0.05) is 0 Å². The van der Waals surface area contributed by atoms with Crippen LogP contribution in [-0.4, -0.2) is 51.5 Å². The van der Waals surface area contributed by atoms with Crippen molar-refractivity contribution in [3.63, 3.8) is 0 Å². The highest BCUT2D eigenvalue weighted by Crippen LogP contribution is 2.32. The first-order chi connectivity index (χ1) is 10.6. The lowest BCUT2D eigenvalue weighted by Crippen LogP contribution is -2.24. The first-order valence-corrected chi connectivity index (χ1v) is 7.66. The smallest absolute Gasteiger partial charge is 0.310 e. The minimum absolute atomic E-state index is 0.177. The van der Waals surface area contributed by atoms with Crippen LogP contribution in [0, 0.1) is 11.9 Å². The number of anilines is 1. The van der Waals surface area contributed by atoms with Crippen molar-refractivity contribution in [2.75, 3.05) is 45.4 Å². The van der Waals surface area contributed by atoms with E-state index in [1.807, 2.05) is 4.90 Å². The molecular formula is C14H18BrFN2O4. The maximum absolute atomic E-state index is 13.9. The third kappa shape index (κ3) is 3.86. The number of hydrogen-bond donors (Lipinski definition) is 0. The van der Waals surface area contributed by atoms with E-state index in [0.29, 0.717) is 44.3 Å². The summed E-state index contributed by atoms with van der Waals surface area (Å²) in [7, 11) is 2.93. The van der Waals surface area contributed by atoms with Crippen molar-refractivity contribution >= 4 is 27.7 Å². The monoisotopic (exact) mass is 376 g/mol. The second-order valence-electron chi connectivity index (χ2n) is 4.88. The van der Waals surface area contributed by atoms with Crippen LogP contribution in [0.15, 0.2) is 10.5 Å². The van der Waals surface area contributed by atoms with Crippen molar-refractivity contribution in [3.8, 4) is 5.75 Å². The predicted octanol–water partition coefficient (Wildman–Crippen LogP) is 2.01. The average Bonchev–Trinajstić information content (AvgIpc) is 3.00. The zero-order chi connectivity index (χ0) is 16.1. The SMILES string of the molecule is COCCOc1cc(N2CCC(C(=O)OC)C2)nc(F)c1Br. The minimum Gasteiger partial charge on any atom is -0.490 e. The second kappa shape index (κ2) is 7.73. The zero-order valence-electron chi connectivity index (χ0n) is 12.5. The molecule has 0 aliphatic carbocycles. The molecule has 122 valence electrons. The van der Waals surface area contributed by atoms with Crippen LogP contribution in [0.1, 0.15) is 6.42 Å². The number of carbonyl (C=O) groups excluding carboxylic acids is 1. The molecule has 1 atom stereocenters. The van der Waals surface area contributed by atoms with Crippen LogP contribution in [0.3, 0.4) is 0 Å². The summed E-state index contributed by atoms with van der Waals surface area (Å²) in [6.45, 7) is 1.78. The van der Waals surface area contributed by atoms with Gasteiger partial charge in [0.15, 0.2) is 0 Å². The molecular weight excluding hydrogens is 359 g/mol. The molecule has 2 rings (SSSR count). The van der Waals surface area contributed by atoms with Gasteiger partial charge in [0.2, 0.25) is 5.95 Å². The summed E-state index contributed by atoms with van der Waals surface area (Å²) in [6, 6.07) is 1.66. The van der Waals surface area contributed by atoms with Gasteiger partial charge in [0.1, 0.15) is 22.6 Å². The highest BCUT2D eigenvalue weighted by atomic mass is 79.9. The Morgan fingerprint density at radius 1 is 1.50 bits per heavy atom. The number of aromatic nitrogens is 1. The van der Waals surface area contributed by atoms with Gasteiger partial charge in [0.05, 0.1) is 19.6 Å². The Hall–Kier alpha value is -1.41. The molecule has 1 fully saturated rings. The molecule has 2 heterocycles. The summed E-state index contributed by atoms with van der Waals surface area (Å²) in [4.78, 5) is 17.3. The number of hydrogen-bond acceptors (Lipinski definition) is 6. The minimum atomic E-state index is -0.647. The highest BCUT2D eigenvalue weighted by Gasteiger charge is 2.30. The standard InChI is InChI=1S/C14H18BrFN2O4/c1-20-5-6-22-10-7-11(17-13(16)12(10)15)18-4-3-9(8-18)14(19)21-2/h7,9H,3-6,8H2,1-2H3. The third-order valence-electron chi connectivity index (χ3n) is 3.46. The molecule has 0 amide bonds. The molecule has 1 aromatic rings. The molecule has 0 bridgehead atoms. The van der Waals surface area contributed by atoms with Crippen LogP contribution < -0.4 is 9.64 Å². The molecule has 1 aliphatic rings. The van der Waals surface area contributed by atoms with Crippen LogP contribution in [-0.2, 0) is 14.3 Å². The summed E-state index contributed by atoms with van der Waals surface area (Å²) in [6.07, 6.45) is 0.659. The van der Waals surface area contributed by atoms with Crippen molar-refractivity contribution in [3.05, 3.63) is 16.5 Å². The molecule has 22 heavy (non-hydrogen) atoms. The van der Waals surface area contributed by atoms with Crippen LogP contribution in [0.4, 0.5) is 10.2 Å². The molecule has 8 heteroatoms. The van der Waals surface area contributed by atoms with Crippen molar-refractivity contribution in [1.82, 2.24) is 4.98 Å². The number of ether oxygens (including phenoxy) is 3. The molecule has 6 nitrogen and oxygen atoms in total. The number of esters is 1. The van der Waals surface area contributed by atoms with E-state index in [1.165, 1.54) is 7.11 Å². The van der Waals surface area contributed by atoms with Crippen LogP contribution in [0.5, 0.6) is 5.75 Å². The van der Waals surface area contributed by atoms with E-state index >= 15 is 0 Å². The van der Waals surface area contributed by atoms with E-state index in [4.69, 9.17) is 14.2 Å². The van der Waals surface area contributed by atoms with E-state index in [2.05, 4.69) is 20.9 Å². The van der Waals surface area contributed by atoms with E-state index < -0.39 is 5.95 Å². The predicted molar refractivity (Wildman–Crippen MR) is 81.6 cm³/mol. The van der Waals surface area contributed by atoms with E-state index in [0.717, 1.165) is 0 Å². The van der Waals surface area contributed by atoms with Gasteiger partial charge in [0, 0.05) is 26.3 Å². The number of nitrogens with zero attached hydrogens (tertiary/aromatic N) is 2. The Labute approximate surface area is 136 Å². The van der Waals surface area contributed by atoms with Crippen molar-refractivity contribution in [2.45, 2.75) is 6.42 Å². The van der Waals surface area contributed by atoms with Crippen molar-refractivity contribution < 1.29 is 23.4 Å². The van der Waals surface area contributed by atoms with Gasteiger partial charge in [-0.05, 0) is 22.4 Å². The Morgan fingerprint density at radius 2 is 2.27 bits per heavy atom. The Bertz CT molecular complexity index is 544. The summed E-state index contributed by atoms with van der Waals surface area (Å²) in [5, 5.41) is 0. The first kappa shape index (κ1) is 17.0. The maximum Gasteiger partial charge on any atom is 0.310 e. The van der Waals surface area contributed by atoms with Crippen molar-refractivity contribution in [1.29, 1.82) is 0 Å². The van der Waals surface area contributed by atoms with Crippen LogP contribution in [0.2, 0.25) is 0 Å². The van der Waals surface area contributed by atoms with E-state index in [-0.39, 0.29) is 16.4 Å². The maximum atomic E-state index is 13.9. The lowest BCUT2D eigenvalue weighted by Gasteiger charge is -2.19. The molecule has 1 aromatic heterocycles. The number of carbonyl (C=O) groups is 1. The molecule has 0 spiro atoms. The van der Waals surface area contributed by atoms with Gasteiger partial charge in [-0.25, -0.2) is 4.98 Å². The van der Waals surface area contributed by atoms with Crippen LogP contribution >= 0.6 is 15.9 Å². The fourth-order valence-electron chi connectivity index (χ4n) is 2.29. The molecule has 0 aromatic carbocycles. The van der Waals surface area contributed by atoms with Crippen LogP contribution in [0.25, 0.3) is 0 Å². The molecule has 1 saturated heterocycles. The summed E-state index contributed by atoms with van der Waals surface area (Å²) < 4.78 is 29.2. The summed E-state index contributed by atoms with van der Waals surface area (Å²) in [5.41, 5.74) is 0. The Balaban J connectivity index is 2.13. The van der Waals surface area contributed by atoms with Gasteiger partial charge in [-0.15, -0.1) is 0 Å². The first-order valence-electron chi connectivity index (χ1n) is 6.87. The lowest BCUT2D eigenvalue weighted by molar-refractivity contribution is -0.144. The van der Waals surface area contributed by atoms with E-state index in [1.54, 1.807) is 13.2 Å². The van der Waals surface area contributed by atoms with Gasteiger partial charge in [0.25, 0.3) is 0 Å². The molecule has 1 aliphatic heterocycles. The highest BCUT2D eigenvalue weighted by molar-refractivity contribution is 9.10. The zero-order valence-corrected chi connectivity index (χ0v) is 14.1. The fourth-order valence-corrected chi connectivity index (χ4v) is 2.61. The third-order valence-corrected chi connectivity index (χ3v) is 4.18. The Kier molecular flexibility index (Phi) is 5.96. The van der Waals surface area contributed by atoms with Crippen molar-refractivity contribution in [2.24, 2.45) is 5.92 Å². The summed E-state index contributed by atoms with van der Waals surface area (Å²) >= 11 is 3.13. The van der Waals surface area contributed by atoms with Gasteiger partial charge >= 0.3 is 5.97 Å². The fraction of sp³-hybridized carbons (Fsp3) is 0.571. The molecule has 0 N–H and O–H groups in total. The number of halogens is 2. The molecule has 0 radical (unpaired) electrons. The average molecular weight is 377 g/mol. The topological polar surface area (TPSA) is 60.9 Å². The van der Waals surface area contributed by atoms with Gasteiger partial charge in [-0.3, -0.25) is 4.79 Å². The second-order valence-corrected chi connectivity index (χ2v) is 5.67. The Morgan fingerprint density at radius 3 is 2.95 bits per heavy atom. The molecule has 1 unspecified atom stereocenters. The number of methoxy groups -OCH3 is 2. The number of pyridine rings is 1. The lowest BCUT2D eigenvalue weighted by atomic mass is 10.1. The van der Waals surface area contributed by atoms with E-state index in [9.17, 15) is 9.18 Å².